The van der Waals surface area contributed by atoms with Gasteiger partial charge in [-0.1, -0.05) is 50.1 Å². The maximum absolute atomic E-state index is 12.1. The van der Waals surface area contributed by atoms with Gasteiger partial charge in [0, 0.05) is 7.11 Å². The molecular formula is C16H24O3. The fourth-order valence-electron chi connectivity index (χ4n) is 2.00. The average Bonchev–Trinajstić information content (AvgIpc) is 2.41. The summed E-state index contributed by atoms with van der Waals surface area (Å²) in [5, 5.41) is 0. The van der Waals surface area contributed by atoms with Crippen molar-refractivity contribution in [2.45, 2.75) is 51.7 Å². The third-order valence-electron chi connectivity index (χ3n) is 3.08. The SMILES string of the molecule is CCCCC[C@@H](C)OC(=O)[C@H](OC)c1ccccc1. The van der Waals surface area contributed by atoms with Crippen LogP contribution in [0.2, 0.25) is 0 Å². The van der Waals surface area contributed by atoms with E-state index in [9.17, 15) is 4.79 Å². The minimum Gasteiger partial charge on any atom is -0.460 e. The zero-order valence-electron chi connectivity index (χ0n) is 12.1. The second kappa shape index (κ2) is 8.70. The van der Waals surface area contributed by atoms with E-state index in [4.69, 9.17) is 9.47 Å². The van der Waals surface area contributed by atoms with Gasteiger partial charge in [-0.15, -0.1) is 0 Å². The normalized spacial score (nSPS) is 13.8. The summed E-state index contributed by atoms with van der Waals surface area (Å²) in [6.45, 7) is 4.10. The summed E-state index contributed by atoms with van der Waals surface area (Å²) >= 11 is 0. The van der Waals surface area contributed by atoms with Gasteiger partial charge in [0.15, 0.2) is 6.10 Å². The first kappa shape index (κ1) is 15.7. The maximum atomic E-state index is 12.1. The standard InChI is InChI=1S/C16H24O3/c1-4-5-7-10-13(2)19-16(17)15(18-3)14-11-8-6-9-12-14/h6,8-9,11-13,15H,4-5,7,10H2,1-3H3/t13-,15-/m1/s1. The van der Waals surface area contributed by atoms with Crippen molar-refractivity contribution in [1.82, 2.24) is 0 Å². The Hall–Kier alpha value is -1.35. The number of esters is 1. The van der Waals surface area contributed by atoms with Gasteiger partial charge < -0.3 is 9.47 Å². The van der Waals surface area contributed by atoms with Crippen LogP contribution in [0.4, 0.5) is 0 Å². The molecule has 0 fully saturated rings. The van der Waals surface area contributed by atoms with Crippen molar-refractivity contribution < 1.29 is 14.3 Å². The predicted molar refractivity (Wildman–Crippen MR) is 75.9 cm³/mol. The Kier molecular flexibility index (Phi) is 7.19. The summed E-state index contributed by atoms with van der Waals surface area (Å²) in [6.07, 6.45) is 3.66. The molecule has 19 heavy (non-hydrogen) atoms. The number of methoxy groups -OCH3 is 1. The van der Waals surface area contributed by atoms with Gasteiger partial charge in [0.1, 0.15) is 0 Å². The molecule has 3 nitrogen and oxygen atoms in total. The molecule has 2 atom stereocenters. The lowest BCUT2D eigenvalue weighted by atomic mass is 10.1. The zero-order chi connectivity index (χ0) is 14.1. The number of carbonyl (C=O) groups excluding carboxylic acids is 1. The predicted octanol–water partition coefficient (Wildman–Crippen LogP) is 3.89. The molecule has 0 radical (unpaired) electrons. The van der Waals surface area contributed by atoms with Gasteiger partial charge in [0.25, 0.3) is 0 Å². The molecule has 0 bridgehead atoms. The van der Waals surface area contributed by atoms with Crippen molar-refractivity contribution in [1.29, 1.82) is 0 Å². The summed E-state index contributed by atoms with van der Waals surface area (Å²) < 4.78 is 10.7. The van der Waals surface area contributed by atoms with Crippen LogP contribution in [0.3, 0.4) is 0 Å². The summed E-state index contributed by atoms with van der Waals surface area (Å²) in [4.78, 5) is 12.1. The highest BCUT2D eigenvalue weighted by Crippen LogP contribution is 2.19. The van der Waals surface area contributed by atoms with Crippen LogP contribution in [-0.4, -0.2) is 19.2 Å². The maximum Gasteiger partial charge on any atom is 0.340 e. The van der Waals surface area contributed by atoms with E-state index in [1.807, 2.05) is 37.3 Å². The minimum absolute atomic E-state index is 0.0552. The van der Waals surface area contributed by atoms with Crippen LogP contribution in [0.25, 0.3) is 0 Å². The Balaban J connectivity index is 2.50. The van der Waals surface area contributed by atoms with Gasteiger partial charge in [-0.2, -0.15) is 0 Å². The molecule has 106 valence electrons. The second-order valence-corrected chi connectivity index (χ2v) is 4.77. The highest BCUT2D eigenvalue weighted by Gasteiger charge is 2.23. The van der Waals surface area contributed by atoms with Gasteiger partial charge in [0.2, 0.25) is 0 Å². The summed E-state index contributed by atoms with van der Waals surface area (Å²) in [6, 6.07) is 9.43. The molecule has 0 N–H and O–H groups in total. The summed E-state index contributed by atoms with van der Waals surface area (Å²) in [5.74, 6) is -0.308. The van der Waals surface area contributed by atoms with E-state index in [1.165, 1.54) is 20.0 Å². The van der Waals surface area contributed by atoms with Gasteiger partial charge >= 0.3 is 5.97 Å². The smallest absolute Gasteiger partial charge is 0.340 e. The number of hydrogen-bond acceptors (Lipinski definition) is 3. The topological polar surface area (TPSA) is 35.5 Å². The van der Waals surface area contributed by atoms with E-state index in [-0.39, 0.29) is 12.1 Å². The van der Waals surface area contributed by atoms with E-state index in [0.29, 0.717) is 0 Å². The molecule has 0 aliphatic heterocycles. The van der Waals surface area contributed by atoms with Crippen molar-refractivity contribution >= 4 is 5.97 Å². The molecule has 0 aromatic heterocycles. The van der Waals surface area contributed by atoms with Gasteiger partial charge in [-0.05, 0) is 25.3 Å². The van der Waals surface area contributed by atoms with Crippen molar-refractivity contribution in [2.75, 3.05) is 7.11 Å². The molecule has 0 aliphatic carbocycles. The van der Waals surface area contributed by atoms with E-state index in [0.717, 1.165) is 18.4 Å². The lowest BCUT2D eigenvalue weighted by Gasteiger charge is -2.18. The van der Waals surface area contributed by atoms with E-state index in [1.54, 1.807) is 0 Å². The first-order chi connectivity index (χ1) is 9.19. The average molecular weight is 264 g/mol. The third-order valence-corrected chi connectivity index (χ3v) is 3.08. The fourth-order valence-corrected chi connectivity index (χ4v) is 2.00. The largest absolute Gasteiger partial charge is 0.460 e. The van der Waals surface area contributed by atoms with Crippen LogP contribution in [0.5, 0.6) is 0 Å². The molecule has 1 aromatic rings. The Bertz CT molecular complexity index is 362. The van der Waals surface area contributed by atoms with Gasteiger partial charge in [-0.25, -0.2) is 4.79 Å². The lowest BCUT2D eigenvalue weighted by molar-refractivity contribution is -0.161. The summed E-state index contributed by atoms with van der Waals surface area (Å²) in [5.41, 5.74) is 0.829. The van der Waals surface area contributed by atoms with E-state index in [2.05, 4.69) is 6.92 Å². The number of ether oxygens (including phenoxy) is 2. The number of carbonyl (C=O) groups is 1. The highest BCUT2D eigenvalue weighted by molar-refractivity contribution is 5.76. The van der Waals surface area contributed by atoms with Crippen LogP contribution in [0.1, 0.15) is 51.2 Å². The molecule has 0 spiro atoms. The number of hydrogen-bond donors (Lipinski definition) is 0. The van der Waals surface area contributed by atoms with Gasteiger partial charge in [-0.3, -0.25) is 0 Å². The zero-order valence-corrected chi connectivity index (χ0v) is 12.1. The molecule has 3 heteroatoms. The molecule has 0 aliphatic rings. The fraction of sp³-hybridized carbons (Fsp3) is 0.562. The Morgan fingerprint density at radius 3 is 2.47 bits per heavy atom. The van der Waals surface area contributed by atoms with Crippen molar-refractivity contribution in [3.8, 4) is 0 Å². The Morgan fingerprint density at radius 2 is 1.89 bits per heavy atom. The van der Waals surface area contributed by atoms with Crippen LogP contribution < -0.4 is 0 Å². The van der Waals surface area contributed by atoms with Gasteiger partial charge in [0.05, 0.1) is 6.10 Å². The molecule has 0 saturated heterocycles. The molecule has 0 saturated carbocycles. The molecule has 1 rings (SSSR count). The molecule has 0 unspecified atom stereocenters. The van der Waals surface area contributed by atoms with Crippen LogP contribution >= 0.6 is 0 Å². The number of unbranched alkanes of at least 4 members (excludes halogenated alkanes) is 2. The summed E-state index contributed by atoms with van der Waals surface area (Å²) in [7, 11) is 1.53. The number of benzene rings is 1. The third kappa shape index (κ3) is 5.43. The van der Waals surface area contributed by atoms with E-state index >= 15 is 0 Å². The van der Waals surface area contributed by atoms with Crippen molar-refractivity contribution in [3.05, 3.63) is 35.9 Å². The first-order valence-corrected chi connectivity index (χ1v) is 6.97. The lowest BCUT2D eigenvalue weighted by Crippen LogP contribution is -2.22. The quantitative estimate of drug-likeness (QED) is 0.528. The number of rotatable bonds is 8. The molecule has 0 heterocycles. The van der Waals surface area contributed by atoms with Crippen molar-refractivity contribution in [2.24, 2.45) is 0 Å². The van der Waals surface area contributed by atoms with Crippen molar-refractivity contribution in [3.63, 3.8) is 0 Å². The molecular weight excluding hydrogens is 240 g/mol. The van der Waals surface area contributed by atoms with Crippen LogP contribution in [0, 0.1) is 0 Å². The Labute approximate surface area is 115 Å². The molecule has 0 amide bonds. The minimum atomic E-state index is -0.630. The van der Waals surface area contributed by atoms with Crippen LogP contribution in [0.15, 0.2) is 30.3 Å². The van der Waals surface area contributed by atoms with Crippen LogP contribution in [-0.2, 0) is 14.3 Å². The van der Waals surface area contributed by atoms with E-state index < -0.39 is 6.10 Å². The Morgan fingerprint density at radius 1 is 1.21 bits per heavy atom. The monoisotopic (exact) mass is 264 g/mol. The highest BCUT2D eigenvalue weighted by atomic mass is 16.6. The second-order valence-electron chi connectivity index (χ2n) is 4.77. The molecule has 1 aromatic carbocycles. The first-order valence-electron chi connectivity index (χ1n) is 6.97.